The molecule has 2 aromatic rings. The first-order chi connectivity index (χ1) is 13.5. The highest BCUT2D eigenvalue weighted by atomic mass is 19.1. The van der Waals surface area contributed by atoms with E-state index in [2.05, 4.69) is 10.2 Å². The summed E-state index contributed by atoms with van der Waals surface area (Å²) in [6.07, 6.45) is 3.63. The molecule has 0 aliphatic carbocycles. The zero-order chi connectivity index (χ0) is 19.7. The second kappa shape index (κ2) is 7.46. The first kappa shape index (κ1) is 18.2. The molecule has 0 aromatic heterocycles. The van der Waals surface area contributed by atoms with Gasteiger partial charge in [-0.1, -0.05) is 29.8 Å². The molecule has 2 saturated heterocycles. The molecule has 2 heterocycles. The summed E-state index contributed by atoms with van der Waals surface area (Å²) in [6.45, 7) is 4.02. The molecule has 144 valence electrons. The SMILES string of the molecule is Cc1ccc(CN2C(=O)N/C(=C/c3ccc(N4CCCC4)cc3F)C2=O)cc1. The number of nitrogens with zero attached hydrogens (tertiary/aromatic N) is 2. The fourth-order valence-corrected chi connectivity index (χ4v) is 3.55. The number of amides is 3. The van der Waals surface area contributed by atoms with Crippen molar-refractivity contribution in [1.82, 2.24) is 10.2 Å². The molecule has 2 aromatic carbocycles. The Kier molecular flexibility index (Phi) is 4.86. The minimum Gasteiger partial charge on any atom is -0.371 e. The number of halogens is 1. The molecule has 2 aliphatic rings. The number of anilines is 1. The van der Waals surface area contributed by atoms with E-state index in [-0.39, 0.29) is 17.8 Å². The van der Waals surface area contributed by atoms with E-state index in [0.29, 0.717) is 0 Å². The van der Waals surface area contributed by atoms with Crippen LogP contribution in [0, 0.1) is 12.7 Å². The Bertz CT molecular complexity index is 947. The van der Waals surface area contributed by atoms with Gasteiger partial charge in [0.15, 0.2) is 0 Å². The number of carbonyl (C=O) groups excluding carboxylic acids is 2. The molecule has 0 unspecified atom stereocenters. The maximum absolute atomic E-state index is 14.6. The molecule has 6 heteroatoms. The van der Waals surface area contributed by atoms with Crippen molar-refractivity contribution >= 4 is 23.7 Å². The molecular weight excluding hydrogens is 357 g/mol. The van der Waals surface area contributed by atoms with Gasteiger partial charge >= 0.3 is 6.03 Å². The third-order valence-electron chi connectivity index (χ3n) is 5.18. The molecule has 2 aliphatic heterocycles. The predicted molar refractivity (Wildman–Crippen MR) is 106 cm³/mol. The molecule has 0 atom stereocenters. The number of hydrogen-bond acceptors (Lipinski definition) is 3. The van der Waals surface area contributed by atoms with E-state index in [1.54, 1.807) is 6.07 Å². The van der Waals surface area contributed by atoms with E-state index in [9.17, 15) is 14.0 Å². The van der Waals surface area contributed by atoms with E-state index < -0.39 is 17.8 Å². The lowest BCUT2D eigenvalue weighted by atomic mass is 10.1. The van der Waals surface area contributed by atoms with Gasteiger partial charge in [-0.15, -0.1) is 0 Å². The normalized spacial score (nSPS) is 18.3. The van der Waals surface area contributed by atoms with Crippen molar-refractivity contribution in [1.29, 1.82) is 0 Å². The lowest BCUT2D eigenvalue weighted by molar-refractivity contribution is -0.123. The molecule has 2 fully saturated rings. The van der Waals surface area contributed by atoms with Crippen molar-refractivity contribution < 1.29 is 14.0 Å². The van der Waals surface area contributed by atoms with Crippen LogP contribution in [0.1, 0.15) is 29.5 Å². The summed E-state index contributed by atoms with van der Waals surface area (Å²) in [7, 11) is 0. The number of urea groups is 1. The number of imide groups is 1. The molecule has 0 spiro atoms. The number of carbonyl (C=O) groups is 2. The Labute approximate surface area is 163 Å². The van der Waals surface area contributed by atoms with Crippen LogP contribution in [0.25, 0.3) is 6.08 Å². The van der Waals surface area contributed by atoms with Crippen molar-refractivity contribution in [2.24, 2.45) is 0 Å². The van der Waals surface area contributed by atoms with Crippen LogP contribution in [0.2, 0.25) is 0 Å². The quantitative estimate of drug-likeness (QED) is 0.649. The minimum atomic E-state index is -0.495. The van der Waals surface area contributed by atoms with Crippen molar-refractivity contribution in [3.05, 3.63) is 70.7 Å². The van der Waals surface area contributed by atoms with E-state index in [4.69, 9.17) is 0 Å². The first-order valence-electron chi connectivity index (χ1n) is 9.46. The van der Waals surface area contributed by atoms with Gasteiger partial charge in [-0.2, -0.15) is 0 Å². The van der Waals surface area contributed by atoms with Gasteiger partial charge in [0, 0.05) is 24.3 Å². The Balaban J connectivity index is 1.52. The average Bonchev–Trinajstić information content (AvgIpc) is 3.30. The summed E-state index contributed by atoms with van der Waals surface area (Å²) in [4.78, 5) is 28.1. The third-order valence-corrected chi connectivity index (χ3v) is 5.18. The molecule has 0 radical (unpaired) electrons. The van der Waals surface area contributed by atoms with Crippen LogP contribution in [0.15, 0.2) is 48.2 Å². The highest BCUT2D eigenvalue weighted by molar-refractivity contribution is 6.13. The fraction of sp³-hybridized carbons (Fsp3) is 0.273. The number of rotatable bonds is 4. The summed E-state index contributed by atoms with van der Waals surface area (Å²) >= 11 is 0. The van der Waals surface area contributed by atoms with Gasteiger partial charge in [-0.05, 0) is 49.6 Å². The Morgan fingerprint density at radius 1 is 1.07 bits per heavy atom. The van der Waals surface area contributed by atoms with Crippen LogP contribution in [0.5, 0.6) is 0 Å². The fourth-order valence-electron chi connectivity index (χ4n) is 3.55. The summed E-state index contributed by atoms with van der Waals surface area (Å²) < 4.78 is 14.6. The number of aryl methyl sites for hydroxylation is 1. The minimum absolute atomic E-state index is 0.0879. The smallest absolute Gasteiger partial charge is 0.329 e. The van der Waals surface area contributed by atoms with Crippen LogP contribution in [-0.4, -0.2) is 29.9 Å². The standard InChI is InChI=1S/C22H22FN3O2/c1-15-4-6-16(7-5-15)14-26-21(27)20(24-22(26)28)12-17-8-9-18(13-19(17)23)25-10-2-3-11-25/h4-9,12-13H,2-3,10-11,14H2,1H3,(H,24,28)/b20-12+. The molecule has 1 N–H and O–H groups in total. The monoisotopic (exact) mass is 379 g/mol. The van der Waals surface area contributed by atoms with E-state index in [0.717, 1.165) is 47.6 Å². The summed E-state index contributed by atoms with van der Waals surface area (Å²) in [5.41, 5.74) is 3.18. The van der Waals surface area contributed by atoms with Crippen LogP contribution >= 0.6 is 0 Å². The maximum atomic E-state index is 14.6. The molecule has 5 nitrogen and oxygen atoms in total. The topological polar surface area (TPSA) is 52.7 Å². The average molecular weight is 379 g/mol. The zero-order valence-corrected chi connectivity index (χ0v) is 15.7. The Morgan fingerprint density at radius 3 is 2.46 bits per heavy atom. The van der Waals surface area contributed by atoms with E-state index in [1.165, 1.54) is 12.1 Å². The van der Waals surface area contributed by atoms with Crippen LogP contribution in [-0.2, 0) is 11.3 Å². The van der Waals surface area contributed by atoms with E-state index in [1.807, 2.05) is 37.3 Å². The van der Waals surface area contributed by atoms with Gasteiger partial charge in [0.05, 0.1) is 6.54 Å². The molecule has 0 bridgehead atoms. The second-order valence-corrected chi connectivity index (χ2v) is 7.27. The number of nitrogens with one attached hydrogen (secondary N) is 1. The molecule has 28 heavy (non-hydrogen) atoms. The zero-order valence-electron chi connectivity index (χ0n) is 15.7. The highest BCUT2D eigenvalue weighted by Gasteiger charge is 2.33. The largest absolute Gasteiger partial charge is 0.371 e. The second-order valence-electron chi connectivity index (χ2n) is 7.27. The lowest BCUT2D eigenvalue weighted by Crippen LogP contribution is -2.30. The van der Waals surface area contributed by atoms with Crippen LogP contribution in [0.4, 0.5) is 14.9 Å². The lowest BCUT2D eigenvalue weighted by Gasteiger charge is -2.17. The number of hydrogen-bond donors (Lipinski definition) is 1. The van der Waals surface area contributed by atoms with Crippen LogP contribution < -0.4 is 10.2 Å². The summed E-state index contributed by atoms with van der Waals surface area (Å²) in [5.74, 6) is -0.857. The first-order valence-corrected chi connectivity index (χ1v) is 9.46. The van der Waals surface area contributed by atoms with E-state index >= 15 is 0 Å². The number of benzene rings is 2. The summed E-state index contributed by atoms with van der Waals surface area (Å²) in [6, 6.07) is 12.1. The van der Waals surface area contributed by atoms with Crippen LogP contribution in [0.3, 0.4) is 0 Å². The molecule has 3 amide bonds. The van der Waals surface area contributed by atoms with Gasteiger partial charge in [0.2, 0.25) is 0 Å². The van der Waals surface area contributed by atoms with Gasteiger partial charge in [-0.25, -0.2) is 9.18 Å². The van der Waals surface area contributed by atoms with Crippen molar-refractivity contribution in [2.45, 2.75) is 26.3 Å². The molecule has 0 saturated carbocycles. The van der Waals surface area contributed by atoms with Crippen molar-refractivity contribution in [3.8, 4) is 0 Å². The van der Waals surface area contributed by atoms with Gasteiger partial charge < -0.3 is 10.2 Å². The molecule has 4 rings (SSSR count). The van der Waals surface area contributed by atoms with Crippen molar-refractivity contribution in [3.63, 3.8) is 0 Å². The van der Waals surface area contributed by atoms with Gasteiger partial charge in [0.1, 0.15) is 11.5 Å². The van der Waals surface area contributed by atoms with Crippen molar-refractivity contribution in [2.75, 3.05) is 18.0 Å². The highest BCUT2D eigenvalue weighted by Crippen LogP contribution is 2.25. The Hall–Kier alpha value is -3.15. The molecular formula is C22H22FN3O2. The van der Waals surface area contributed by atoms with Gasteiger partial charge in [-0.3, -0.25) is 9.69 Å². The van der Waals surface area contributed by atoms with Gasteiger partial charge in [0.25, 0.3) is 5.91 Å². The summed E-state index contributed by atoms with van der Waals surface area (Å²) in [5, 5.41) is 2.55. The third kappa shape index (κ3) is 3.63. The maximum Gasteiger partial charge on any atom is 0.329 e. The predicted octanol–water partition coefficient (Wildman–Crippen LogP) is 3.83. The Morgan fingerprint density at radius 2 is 1.79 bits per heavy atom.